The predicted octanol–water partition coefficient (Wildman–Crippen LogP) is 5.26. The van der Waals surface area contributed by atoms with Crippen LogP contribution in [0.25, 0.3) is 21.8 Å². The zero-order valence-electron chi connectivity index (χ0n) is 13.9. The summed E-state index contributed by atoms with van der Waals surface area (Å²) in [5.41, 5.74) is 2.38. The first-order valence-electron chi connectivity index (χ1n) is 8.29. The number of halogens is 1. The lowest BCUT2D eigenvalue weighted by molar-refractivity contribution is 0.172. The number of azo groups is 1. The summed E-state index contributed by atoms with van der Waals surface area (Å²) < 4.78 is 11.2. The van der Waals surface area contributed by atoms with E-state index in [0.717, 1.165) is 10.9 Å². The van der Waals surface area contributed by atoms with Crippen molar-refractivity contribution >= 4 is 44.8 Å². The van der Waals surface area contributed by atoms with Gasteiger partial charge < -0.3 is 19.6 Å². The van der Waals surface area contributed by atoms with Crippen LogP contribution in [0.15, 0.2) is 52.8 Å². The molecule has 2 aromatic carbocycles. The van der Waals surface area contributed by atoms with Crippen molar-refractivity contribution in [2.75, 3.05) is 13.2 Å². The maximum absolute atomic E-state index is 10.3. The summed E-state index contributed by atoms with van der Waals surface area (Å²) in [6.07, 6.45) is 1.64. The number of hydrogen-bond donors (Lipinski definition) is 2. The molecule has 0 atom stereocenters. The van der Waals surface area contributed by atoms with Crippen LogP contribution in [0.5, 0.6) is 17.4 Å². The lowest BCUT2D eigenvalue weighted by Gasteiger charge is -2.18. The molecule has 2 aromatic heterocycles. The second-order valence-electron chi connectivity index (χ2n) is 6.06. The van der Waals surface area contributed by atoms with E-state index in [2.05, 4.69) is 20.2 Å². The van der Waals surface area contributed by atoms with Gasteiger partial charge in [-0.15, -0.1) is 10.2 Å². The number of nitrogens with one attached hydrogen (secondary N) is 1. The normalized spacial score (nSPS) is 13.7. The summed E-state index contributed by atoms with van der Waals surface area (Å²) in [5, 5.41) is 21.0. The molecule has 1 aliphatic rings. The van der Waals surface area contributed by atoms with Gasteiger partial charge in [-0.1, -0.05) is 11.6 Å². The largest absolute Gasteiger partial charge is 0.493 e. The maximum atomic E-state index is 10.3. The zero-order chi connectivity index (χ0) is 18.4. The minimum absolute atomic E-state index is 0.0718. The van der Waals surface area contributed by atoms with Gasteiger partial charge in [-0.3, -0.25) is 4.98 Å². The van der Waals surface area contributed by atoms with Gasteiger partial charge in [0.1, 0.15) is 13.2 Å². The Hall–Kier alpha value is -3.32. The molecule has 5 rings (SSSR count). The fourth-order valence-electron chi connectivity index (χ4n) is 3.10. The lowest BCUT2D eigenvalue weighted by atomic mass is 10.2. The summed E-state index contributed by atoms with van der Waals surface area (Å²) in [4.78, 5) is 7.19. The van der Waals surface area contributed by atoms with E-state index in [1.54, 1.807) is 36.5 Å². The second kappa shape index (κ2) is 6.14. The Morgan fingerprint density at radius 3 is 2.67 bits per heavy atom. The molecule has 0 radical (unpaired) electrons. The van der Waals surface area contributed by atoms with Gasteiger partial charge in [0.25, 0.3) is 0 Å². The summed E-state index contributed by atoms with van der Waals surface area (Å²) in [6, 6.07) is 10.7. The van der Waals surface area contributed by atoms with Gasteiger partial charge in [0.05, 0.1) is 16.7 Å². The molecule has 0 fully saturated rings. The van der Waals surface area contributed by atoms with Gasteiger partial charge >= 0.3 is 0 Å². The van der Waals surface area contributed by atoms with E-state index in [4.69, 9.17) is 21.1 Å². The van der Waals surface area contributed by atoms with Crippen LogP contribution < -0.4 is 9.47 Å². The minimum atomic E-state index is -0.0718. The monoisotopic (exact) mass is 380 g/mol. The standard InChI is InChI=1S/C19H13ClN4O3/c20-10-1-2-11-13(3-4-21-14(11)7-10)23-24-18-12-8-16-17(27-6-5-26-16)9-15(12)22-19(18)25/h1-4,7-9,22,25H,5-6H2. The van der Waals surface area contributed by atoms with Crippen molar-refractivity contribution in [3.63, 3.8) is 0 Å². The van der Waals surface area contributed by atoms with Gasteiger partial charge in [-0.2, -0.15) is 0 Å². The third-order valence-corrected chi connectivity index (χ3v) is 4.59. The van der Waals surface area contributed by atoms with Gasteiger partial charge in [0.15, 0.2) is 17.2 Å². The fourth-order valence-corrected chi connectivity index (χ4v) is 3.27. The van der Waals surface area contributed by atoms with Crippen molar-refractivity contribution < 1.29 is 14.6 Å². The highest BCUT2D eigenvalue weighted by Gasteiger charge is 2.18. The average Bonchev–Trinajstić information content (AvgIpc) is 2.98. The van der Waals surface area contributed by atoms with Crippen molar-refractivity contribution in [1.82, 2.24) is 9.97 Å². The molecule has 4 aromatic rings. The Balaban J connectivity index is 1.61. The van der Waals surface area contributed by atoms with Crippen LogP contribution in [0.1, 0.15) is 0 Å². The van der Waals surface area contributed by atoms with E-state index in [9.17, 15) is 5.11 Å². The van der Waals surface area contributed by atoms with E-state index in [1.807, 2.05) is 6.07 Å². The third-order valence-electron chi connectivity index (χ3n) is 4.35. The highest BCUT2D eigenvalue weighted by Crippen LogP contribution is 2.42. The number of rotatable bonds is 2. The van der Waals surface area contributed by atoms with Crippen molar-refractivity contribution in [3.05, 3.63) is 47.6 Å². The Labute approximate surface area is 158 Å². The smallest absolute Gasteiger partial charge is 0.218 e. The average molecular weight is 381 g/mol. The Bertz CT molecular complexity index is 1220. The van der Waals surface area contributed by atoms with Gasteiger partial charge in [0.2, 0.25) is 5.88 Å². The molecule has 27 heavy (non-hydrogen) atoms. The number of benzene rings is 2. The topological polar surface area (TPSA) is 92.1 Å². The SMILES string of the molecule is Oc1[nH]c2cc3c(cc2c1N=Nc1ccnc2cc(Cl)ccc12)OCCO3. The number of nitrogens with zero attached hydrogens (tertiary/aromatic N) is 3. The second-order valence-corrected chi connectivity index (χ2v) is 6.49. The van der Waals surface area contributed by atoms with Crippen molar-refractivity contribution in [2.45, 2.75) is 0 Å². The van der Waals surface area contributed by atoms with Crippen LogP contribution in [0.3, 0.4) is 0 Å². The molecular weight excluding hydrogens is 368 g/mol. The Kier molecular flexibility index (Phi) is 3.61. The highest BCUT2D eigenvalue weighted by atomic mass is 35.5. The molecule has 0 saturated carbocycles. The molecule has 0 amide bonds. The molecule has 3 heterocycles. The van der Waals surface area contributed by atoms with E-state index in [-0.39, 0.29) is 5.88 Å². The van der Waals surface area contributed by atoms with E-state index in [0.29, 0.717) is 52.0 Å². The third kappa shape index (κ3) is 2.72. The first-order chi connectivity index (χ1) is 13.2. The van der Waals surface area contributed by atoms with Gasteiger partial charge in [0, 0.05) is 28.1 Å². The molecule has 7 nitrogen and oxygen atoms in total. The Morgan fingerprint density at radius 1 is 1.00 bits per heavy atom. The molecule has 0 unspecified atom stereocenters. The molecule has 8 heteroatoms. The predicted molar refractivity (Wildman–Crippen MR) is 102 cm³/mol. The van der Waals surface area contributed by atoms with E-state index in [1.165, 1.54) is 0 Å². The summed E-state index contributed by atoms with van der Waals surface area (Å²) in [7, 11) is 0. The van der Waals surface area contributed by atoms with Gasteiger partial charge in [-0.25, -0.2) is 0 Å². The number of aromatic hydroxyl groups is 1. The number of aromatic nitrogens is 2. The van der Waals surface area contributed by atoms with Crippen molar-refractivity contribution in [2.24, 2.45) is 10.2 Å². The fraction of sp³-hybridized carbons (Fsp3) is 0.105. The number of fused-ring (bicyclic) bond motifs is 3. The minimum Gasteiger partial charge on any atom is -0.493 e. The molecule has 1 aliphatic heterocycles. The van der Waals surface area contributed by atoms with Crippen molar-refractivity contribution in [1.29, 1.82) is 0 Å². The number of H-pyrrole nitrogens is 1. The van der Waals surface area contributed by atoms with Crippen LogP contribution in [0, 0.1) is 0 Å². The Morgan fingerprint density at radius 2 is 1.81 bits per heavy atom. The lowest BCUT2D eigenvalue weighted by Crippen LogP contribution is -2.15. The molecule has 0 spiro atoms. The van der Waals surface area contributed by atoms with Crippen LogP contribution in [0.2, 0.25) is 5.02 Å². The van der Waals surface area contributed by atoms with E-state index >= 15 is 0 Å². The van der Waals surface area contributed by atoms with Crippen LogP contribution in [-0.4, -0.2) is 28.3 Å². The summed E-state index contributed by atoms with van der Waals surface area (Å²) in [5.74, 6) is 1.18. The number of aromatic amines is 1. The van der Waals surface area contributed by atoms with E-state index < -0.39 is 0 Å². The molecule has 2 N–H and O–H groups in total. The molecule has 134 valence electrons. The first-order valence-corrected chi connectivity index (χ1v) is 8.67. The quantitative estimate of drug-likeness (QED) is 0.464. The van der Waals surface area contributed by atoms with Gasteiger partial charge in [-0.05, 0) is 30.3 Å². The molecular formula is C19H13ClN4O3. The molecule has 0 aliphatic carbocycles. The highest BCUT2D eigenvalue weighted by molar-refractivity contribution is 6.31. The molecule has 0 saturated heterocycles. The van der Waals surface area contributed by atoms with Crippen LogP contribution in [0.4, 0.5) is 11.4 Å². The first kappa shape index (κ1) is 15.9. The maximum Gasteiger partial charge on any atom is 0.218 e. The summed E-state index contributed by atoms with van der Waals surface area (Å²) >= 11 is 6.02. The number of ether oxygens (including phenoxy) is 2. The zero-order valence-corrected chi connectivity index (χ0v) is 14.7. The number of pyridine rings is 1. The van der Waals surface area contributed by atoms with Crippen LogP contribution >= 0.6 is 11.6 Å². The summed E-state index contributed by atoms with van der Waals surface area (Å²) in [6.45, 7) is 0.980. The molecule has 0 bridgehead atoms. The number of hydrogen-bond acceptors (Lipinski definition) is 6. The van der Waals surface area contributed by atoms with Crippen LogP contribution in [-0.2, 0) is 0 Å². The van der Waals surface area contributed by atoms with Crippen molar-refractivity contribution in [3.8, 4) is 17.4 Å².